The van der Waals surface area contributed by atoms with Crippen molar-refractivity contribution in [1.29, 1.82) is 0 Å². The number of hydrogen-bond acceptors (Lipinski definition) is 1. The lowest BCUT2D eigenvalue weighted by atomic mass is 10.0. The zero-order valence-electron chi connectivity index (χ0n) is 9.78. The number of aromatic amines is 1. The molecule has 0 aliphatic rings. The van der Waals surface area contributed by atoms with Gasteiger partial charge in [0.2, 0.25) is 0 Å². The molecule has 4 heteroatoms. The Morgan fingerprint density at radius 2 is 1.89 bits per heavy atom. The van der Waals surface area contributed by atoms with Gasteiger partial charge in [-0.1, -0.05) is 24.3 Å². The molecule has 0 atom stereocenters. The lowest BCUT2D eigenvalue weighted by molar-refractivity contribution is 0.103. The molecule has 0 radical (unpaired) electrons. The highest BCUT2D eigenvalue weighted by atomic mass is 79.9. The maximum absolute atomic E-state index is 13.8. The lowest BCUT2D eigenvalue weighted by Gasteiger charge is -2.04. The molecule has 0 spiro atoms. The number of rotatable bonds is 2. The quantitative estimate of drug-likeness (QED) is 0.702. The molecular formula is C15H9BrFNO. The largest absolute Gasteiger partial charge is 0.360 e. The zero-order chi connectivity index (χ0) is 13.4. The molecule has 1 N–H and O–H groups in total. The summed E-state index contributed by atoms with van der Waals surface area (Å²) in [6, 6.07) is 12.0. The van der Waals surface area contributed by atoms with Crippen molar-refractivity contribution in [2.45, 2.75) is 0 Å². The summed E-state index contributed by atoms with van der Waals surface area (Å²) >= 11 is 3.23. The van der Waals surface area contributed by atoms with Gasteiger partial charge in [-0.25, -0.2) is 4.39 Å². The van der Waals surface area contributed by atoms with E-state index in [0.29, 0.717) is 10.0 Å². The summed E-state index contributed by atoms with van der Waals surface area (Å²) in [5, 5.41) is 0.794. The van der Waals surface area contributed by atoms with Crippen molar-refractivity contribution < 1.29 is 9.18 Å². The maximum atomic E-state index is 13.8. The standard InChI is InChI=1S/C15H9BrFNO/c16-11-5-3-6-12(17)14(11)15(19)10-8-18-13-7-2-1-4-9(10)13/h1-8,18H. The predicted octanol–water partition coefficient (Wildman–Crippen LogP) is 4.30. The van der Waals surface area contributed by atoms with Crippen LogP contribution >= 0.6 is 15.9 Å². The summed E-state index contributed by atoms with van der Waals surface area (Å²) in [6.45, 7) is 0. The number of ketones is 1. The molecule has 0 bridgehead atoms. The molecule has 3 rings (SSSR count). The van der Waals surface area contributed by atoms with E-state index in [9.17, 15) is 9.18 Å². The second kappa shape index (κ2) is 4.63. The van der Waals surface area contributed by atoms with E-state index in [2.05, 4.69) is 20.9 Å². The Balaban J connectivity index is 2.20. The molecule has 0 fully saturated rings. The first-order valence-electron chi connectivity index (χ1n) is 5.73. The number of aromatic nitrogens is 1. The molecule has 19 heavy (non-hydrogen) atoms. The number of benzene rings is 2. The number of hydrogen-bond donors (Lipinski definition) is 1. The third-order valence-corrected chi connectivity index (χ3v) is 3.68. The van der Waals surface area contributed by atoms with E-state index < -0.39 is 5.82 Å². The smallest absolute Gasteiger partial charge is 0.199 e. The highest BCUT2D eigenvalue weighted by molar-refractivity contribution is 9.10. The van der Waals surface area contributed by atoms with E-state index in [-0.39, 0.29) is 11.3 Å². The third-order valence-electron chi connectivity index (χ3n) is 3.02. The monoisotopic (exact) mass is 317 g/mol. The van der Waals surface area contributed by atoms with Crippen molar-refractivity contribution in [2.24, 2.45) is 0 Å². The van der Waals surface area contributed by atoms with Gasteiger partial charge >= 0.3 is 0 Å². The molecule has 0 amide bonds. The van der Waals surface area contributed by atoms with Crippen LogP contribution in [0.4, 0.5) is 4.39 Å². The fourth-order valence-corrected chi connectivity index (χ4v) is 2.63. The number of fused-ring (bicyclic) bond motifs is 1. The zero-order valence-corrected chi connectivity index (χ0v) is 11.4. The van der Waals surface area contributed by atoms with Crippen molar-refractivity contribution in [1.82, 2.24) is 4.98 Å². The molecule has 0 unspecified atom stereocenters. The van der Waals surface area contributed by atoms with Gasteiger partial charge < -0.3 is 4.98 Å². The van der Waals surface area contributed by atoms with Crippen LogP contribution in [0.3, 0.4) is 0 Å². The van der Waals surface area contributed by atoms with E-state index in [4.69, 9.17) is 0 Å². The minimum atomic E-state index is -0.523. The van der Waals surface area contributed by atoms with E-state index in [1.54, 1.807) is 18.3 Å². The van der Waals surface area contributed by atoms with Crippen LogP contribution in [0.2, 0.25) is 0 Å². The van der Waals surface area contributed by atoms with Crippen molar-refractivity contribution in [2.75, 3.05) is 0 Å². The number of carbonyl (C=O) groups is 1. The van der Waals surface area contributed by atoms with E-state index in [0.717, 1.165) is 10.9 Å². The Morgan fingerprint density at radius 3 is 2.68 bits per heavy atom. The second-order valence-corrected chi connectivity index (χ2v) is 5.03. The summed E-state index contributed by atoms with van der Waals surface area (Å²) in [5.74, 6) is -0.855. The van der Waals surface area contributed by atoms with Gasteiger partial charge in [-0.3, -0.25) is 4.79 Å². The molecule has 2 aromatic carbocycles. The first-order chi connectivity index (χ1) is 9.18. The fraction of sp³-hybridized carbons (Fsp3) is 0. The normalized spacial score (nSPS) is 10.8. The third kappa shape index (κ3) is 1.98. The Morgan fingerprint density at radius 1 is 1.11 bits per heavy atom. The summed E-state index contributed by atoms with van der Waals surface area (Å²) in [6.07, 6.45) is 1.62. The molecule has 0 saturated heterocycles. The van der Waals surface area contributed by atoms with E-state index in [1.165, 1.54) is 6.07 Å². The Hall–Kier alpha value is -1.94. The molecule has 94 valence electrons. The van der Waals surface area contributed by atoms with Crippen LogP contribution < -0.4 is 0 Å². The molecule has 0 aliphatic heterocycles. The van der Waals surface area contributed by atoms with Gasteiger partial charge in [0.1, 0.15) is 5.82 Å². The number of carbonyl (C=O) groups excluding carboxylic acids is 1. The minimum Gasteiger partial charge on any atom is -0.360 e. The van der Waals surface area contributed by atoms with Crippen molar-refractivity contribution in [3.63, 3.8) is 0 Å². The summed E-state index contributed by atoms with van der Waals surface area (Å²) in [5.41, 5.74) is 1.40. The highest BCUT2D eigenvalue weighted by Crippen LogP contribution is 2.26. The Kier molecular flexibility index (Phi) is 2.95. The first kappa shape index (κ1) is 12.1. The van der Waals surface area contributed by atoms with Crippen LogP contribution in [0.15, 0.2) is 53.1 Å². The van der Waals surface area contributed by atoms with Gasteiger partial charge in [-0.15, -0.1) is 0 Å². The topological polar surface area (TPSA) is 32.9 Å². The molecule has 1 heterocycles. The summed E-state index contributed by atoms with van der Waals surface area (Å²) < 4.78 is 14.3. The van der Waals surface area contributed by atoms with Crippen LogP contribution in [-0.4, -0.2) is 10.8 Å². The fourth-order valence-electron chi connectivity index (χ4n) is 2.11. The van der Waals surface area contributed by atoms with Gasteiger partial charge in [0, 0.05) is 27.1 Å². The predicted molar refractivity (Wildman–Crippen MR) is 75.8 cm³/mol. The number of halogens is 2. The first-order valence-corrected chi connectivity index (χ1v) is 6.52. The van der Waals surface area contributed by atoms with Crippen molar-refractivity contribution >= 4 is 32.6 Å². The minimum absolute atomic E-state index is 0.0623. The molecule has 0 aliphatic carbocycles. The van der Waals surface area contributed by atoms with Crippen LogP contribution in [-0.2, 0) is 0 Å². The van der Waals surface area contributed by atoms with Gasteiger partial charge in [-0.2, -0.15) is 0 Å². The number of H-pyrrole nitrogens is 1. The molecule has 0 saturated carbocycles. The molecule has 3 aromatic rings. The van der Waals surface area contributed by atoms with Crippen molar-refractivity contribution in [3.8, 4) is 0 Å². The molecule has 2 nitrogen and oxygen atoms in total. The van der Waals surface area contributed by atoms with E-state index in [1.807, 2.05) is 24.3 Å². The van der Waals surface area contributed by atoms with Gasteiger partial charge in [0.25, 0.3) is 0 Å². The van der Waals surface area contributed by atoms with Crippen LogP contribution in [0.5, 0.6) is 0 Å². The Bertz CT molecular complexity index is 758. The number of para-hydroxylation sites is 1. The maximum Gasteiger partial charge on any atom is 0.199 e. The van der Waals surface area contributed by atoms with Crippen LogP contribution in [0, 0.1) is 5.82 Å². The van der Waals surface area contributed by atoms with Crippen molar-refractivity contribution in [3.05, 3.63) is 70.1 Å². The second-order valence-electron chi connectivity index (χ2n) is 4.17. The summed E-state index contributed by atoms with van der Waals surface area (Å²) in [7, 11) is 0. The van der Waals surface area contributed by atoms with E-state index >= 15 is 0 Å². The average molecular weight is 318 g/mol. The average Bonchev–Trinajstić information content (AvgIpc) is 2.82. The SMILES string of the molecule is O=C(c1c(F)cccc1Br)c1c[nH]c2ccccc12. The molecular weight excluding hydrogens is 309 g/mol. The van der Waals surface area contributed by atoms with Gasteiger partial charge in [0.15, 0.2) is 5.78 Å². The Labute approximate surface area is 117 Å². The summed E-state index contributed by atoms with van der Waals surface area (Å²) in [4.78, 5) is 15.5. The lowest BCUT2D eigenvalue weighted by Crippen LogP contribution is -2.04. The van der Waals surface area contributed by atoms with Gasteiger partial charge in [0.05, 0.1) is 5.56 Å². The highest BCUT2D eigenvalue weighted by Gasteiger charge is 2.19. The van der Waals surface area contributed by atoms with Crippen LogP contribution in [0.1, 0.15) is 15.9 Å². The molecule has 1 aromatic heterocycles. The number of nitrogens with one attached hydrogen (secondary N) is 1. The van der Waals surface area contributed by atoms with Crippen LogP contribution in [0.25, 0.3) is 10.9 Å². The van der Waals surface area contributed by atoms with Gasteiger partial charge in [-0.05, 0) is 34.1 Å².